The Hall–Kier alpha value is -3.55. The number of hydrogen-bond acceptors (Lipinski definition) is 5. The SMILES string of the molecule is Cc1nccc(-c2cccc(NC(=O)CN(C)C(=O)[C@@H](C)n3cccn3)c2)n1. The highest BCUT2D eigenvalue weighted by atomic mass is 16.2. The van der Waals surface area contributed by atoms with Crippen LogP contribution < -0.4 is 5.32 Å². The van der Waals surface area contributed by atoms with Crippen LogP contribution in [0.5, 0.6) is 0 Å². The molecular formula is C20H22N6O2. The highest BCUT2D eigenvalue weighted by molar-refractivity contribution is 5.95. The zero-order valence-electron chi connectivity index (χ0n) is 16.0. The fraction of sp³-hybridized carbons (Fsp3) is 0.250. The summed E-state index contributed by atoms with van der Waals surface area (Å²) in [7, 11) is 1.60. The van der Waals surface area contributed by atoms with Crippen LogP contribution in [0.15, 0.2) is 55.0 Å². The van der Waals surface area contributed by atoms with E-state index in [4.69, 9.17) is 0 Å². The minimum absolute atomic E-state index is 0.0543. The molecule has 2 heterocycles. The van der Waals surface area contributed by atoms with E-state index in [1.807, 2.05) is 31.2 Å². The lowest BCUT2D eigenvalue weighted by molar-refractivity contribution is -0.136. The van der Waals surface area contributed by atoms with Crippen molar-refractivity contribution in [1.82, 2.24) is 24.6 Å². The first-order valence-corrected chi connectivity index (χ1v) is 8.88. The predicted molar refractivity (Wildman–Crippen MR) is 105 cm³/mol. The average molecular weight is 378 g/mol. The van der Waals surface area contributed by atoms with E-state index in [9.17, 15) is 9.59 Å². The topological polar surface area (TPSA) is 93.0 Å². The van der Waals surface area contributed by atoms with Gasteiger partial charge in [0.25, 0.3) is 0 Å². The largest absolute Gasteiger partial charge is 0.335 e. The van der Waals surface area contributed by atoms with E-state index < -0.39 is 6.04 Å². The number of nitrogens with one attached hydrogen (secondary N) is 1. The summed E-state index contributed by atoms with van der Waals surface area (Å²) in [5, 5.41) is 6.90. The molecule has 0 aliphatic carbocycles. The highest BCUT2D eigenvalue weighted by Crippen LogP contribution is 2.20. The Morgan fingerprint density at radius 2 is 2.04 bits per heavy atom. The van der Waals surface area contributed by atoms with Gasteiger partial charge in [-0.2, -0.15) is 5.10 Å². The van der Waals surface area contributed by atoms with Crippen LogP contribution >= 0.6 is 0 Å². The quantitative estimate of drug-likeness (QED) is 0.710. The van der Waals surface area contributed by atoms with Crippen molar-refractivity contribution >= 4 is 17.5 Å². The third kappa shape index (κ3) is 4.59. The van der Waals surface area contributed by atoms with Gasteiger partial charge >= 0.3 is 0 Å². The van der Waals surface area contributed by atoms with E-state index in [-0.39, 0.29) is 18.4 Å². The summed E-state index contributed by atoms with van der Waals surface area (Å²) in [6.45, 7) is 3.52. The van der Waals surface area contributed by atoms with Crippen LogP contribution in [0.4, 0.5) is 5.69 Å². The highest BCUT2D eigenvalue weighted by Gasteiger charge is 2.21. The summed E-state index contributed by atoms with van der Waals surface area (Å²) in [6.07, 6.45) is 5.03. The Morgan fingerprint density at radius 3 is 2.75 bits per heavy atom. The van der Waals surface area contributed by atoms with E-state index in [1.54, 1.807) is 49.4 Å². The molecule has 0 saturated heterocycles. The maximum absolute atomic E-state index is 12.5. The lowest BCUT2D eigenvalue weighted by Crippen LogP contribution is -2.38. The molecule has 0 radical (unpaired) electrons. The van der Waals surface area contributed by atoms with Gasteiger partial charge in [-0.25, -0.2) is 9.97 Å². The van der Waals surface area contributed by atoms with Gasteiger partial charge in [0, 0.05) is 36.9 Å². The Labute approximate surface area is 163 Å². The standard InChI is InChI=1S/C20H22N6O2/c1-14(26-11-5-9-22-26)20(28)25(3)13-19(27)24-17-7-4-6-16(12-17)18-8-10-21-15(2)23-18/h4-12,14H,13H2,1-3H3,(H,24,27)/t14-/m1/s1. The number of benzene rings is 1. The van der Waals surface area contributed by atoms with Crippen molar-refractivity contribution in [3.8, 4) is 11.3 Å². The Balaban J connectivity index is 1.63. The molecule has 8 heteroatoms. The van der Waals surface area contributed by atoms with Gasteiger partial charge in [-0.05, 0) is 38.1 Å². The molecule has 1 N–H and O–H groups in total. The van der Waals surface area contributed by atoms with Crippen LogP contribution in [0, 0.1) is 6.92 Å². The predicted octanol–water partition coefficient (Wildman–Crippen LogP) is 2.31. The van der Waals surface area contributed by atoms with E-state index >= 15 is 0 Å². The lowest BCUT2D eigenvalue weighted by Gasteiger charge is -2.21. The van der Waals surface area contributed by atoms with Crippen LogP contribution in [0.25, 0.3) is 11.3 Å². The van der Waals surface area contributed by atoms with Crippen molar-refractivity contribution in [1.29, 1.82) is 0 Å². The molecular weight excluding hydrogens is 356 g/mol. The Morgan fingerprint density at radius 1 is 1.21 bits per heavy atom. The number of likely N-dealkylation sites (N-methyl/N-ethyl adjacent to an activating group) is 1. The molecule has 2 amide bonds. The number of carbonyl (C=O) groups is 2. The first-order valence-electron chi connectivity index (χ1n) is 8.88. The van der Waals surface area contributed by atoms with Gasteiger partial charge in [-0.15, -0.1) is 0 Å². The summed E-state index contributed by atoms with van der Waals surface area (Å²) < 4.78 is 1.56. The second-order valence-electron chi connectivity index (χ2n) is 6.47. The van der Waals surface area contributed by atoms with Gasteiger partial charge in [0.1, 0.15) is 11.9 Å². The maximum Gasteiger partial charge on any atom is 0.247 e. The number of anilines is 1. The van der Waals surface area contributed by atoms with Gasteiger partial charge in [-0.3, -0.25) is 14.3 Å². The molecule has 0 bridgehead atoms. The van der Waals surface area contributed by atoms with Gasteiger partial charge in [0.15, 0.2) is 0 Å². The van der Waals surface area contributed by atoms with Gasteiger partial charge < -0.3 is 10.2 Å². The van der Waals surface area contributed by atoms with Crippen LogP contribution in [0.1, 0.15) is 18.8 Å². The minimum atomic E-state index is -0.475. The second kappa shape index (κ2) is 8.43. The van der Waals surface area contributed by atoms with Crippen molar-refractivity contribution in [2.75, 3.05) is 18.9 Å². The summed E-state index contributed by atoms with van der Waals surface area (Å²) >= 11 is 0. The molecule has 0 spiro atoms. The molecule has 8 nitrogen and oxygen atoms in total. The summed E-state index contributed by atoms with van der Waals surface area (Å²) in [5.74, 6) is 0.210. The van der Waals surface area contributed by atoms with Crippen LogP contribution in [0.3, 0.4) is 0 Å². The van der Waals surface area contributed by atoms with Gasteiger partial charge in [-0.1, -0.05) is 12.1 Å². The summed E-state index contributed by atoms with van der Waals surface area (Å²) in [5.41, 5.74) is 2.30. The molecule has 1 atom stereocenters. The third-order valence-electron chi connectivity index (χ3n) is 4.25. The number of aryl methyl sites for hydroxylation is 1. The average Bonchev–Trinajstić information content (AvgIpc) is 3.21. The maximum atomic E-state index is 12.5. The van der Waals surface area contributed by atoms with Gasteiger partial charge in [0.05, 0.1) is 12.2 Å². The molecule has 3 aromatic rings. The molecule has 0 unspecified atom stereocenters. The van der Waals surface area contributed by atoms with Crippen LogP contribution in [0.2, 0.25) is 0 Å². The number of carbonyl (C=O) groups excluding carboxylic acids is 2. The minimum Gasteiger partial charge on any atom is -0.335 e. The van der Waals surface area contributed by atoms with Crippen molar-refractivity contribution in [3.05, 3.63) is 60.8 Å². The number of hydrogen-bond donors (Lipinski definition) is 1. The van der Waals surface area contributed by atoms with E-state index in [1.165, 1.54) is 4.90 Å². The number of amides is 2. The van der Waals surface area contributed by atoms with E-state index in [0.29, 0.717) is 11.5 Å². The summed E-state index contributed by atoms with van der Waals surface area (Å²) in [4.78, 5) is 34.7. The van der Waals surface area contributed by atoms with Crippen LogP contribution in [-0.4, -0.2) is 50.1 Å². The molecule has 0 fully saturated rings. The first kappa shape index (κ1) is 19.2. The zero-order chi connectivity index (χ0) is 20.1. The monoisotopic (exact) mass is 378 g/mol. The van der Waals surface area contributed by atoms with Crippen molar-refractivity contribution < 1.29 is 9.59 Å². The molecule has 0 aliphatic rings. The van der Waals surface area contributed by atoms with Crippen LogP contribution in [-0.2, 0) is 9.59 Å². The third-order valence-corrected chi connectivity index (χ3v) is 4.25. The normalized spacial score (nSPS) is 11.7. The van der Waals surface area contributed by atoms with Crippen molar-refractivity contribution in [3.63, 3.8) is 0 Å². The molecule has 1 aromatic carbocycles. The van der Waals surface area contributed by atoms with Crippen molar-refractivity contribution in [2.24, 2.45) is 0 Å². The molecule has 3 rings (SSSR count). The summed E-state index contributed by atoms with van der Waals surface area (Å²) in [6, 6.07) is 10.5. The number of rotatable bonds is 6. The van der Waals surface area contributed by atoms with Gasteiger partial charge in [0.2, 0.25) is 11.8 Å². The molecule has 2 aromatic heterocycles. The smallest absolute Gasteiger partial charge is 0.247 e. The lowest BCUT2D eigenvalue weighted by atomic mass is 10.1. The van der Waals surface area contributed by atoms with Crippen molar-refractivity contribution in [2.45, 2.75) is 19.9 Å². The number of aromatic nitrogens is 4. The van der Waals surface area contributed by atoms with E-state index in [2.05, 4.69) is 20.4 Å². The molecule has 144 valence electrons. The Bertz CT molecular complexity index is 970. The first-order chi connectivity index (χ1) is 13.4. The zero-order valence-corrected chi connectivity index (χ0v) is 16.0. The second-order valence-corrected chi connectivity index (χ2v) is 6.47. The molecule has 0 saturated carbocycles. The van der Waals surface area contributed by atoms with E-state index in [0.717, 1.165) is 11.3 Å². The fourth-order valence-electron chi connectivity index (χ4n) is 2.81. The fourth-order valence-corrected chi connectivity index (χ4v) is 2.81. The molecule has 28 heavy (non-hydrogen) atoms. The number of nitrogens with zero attached hydrogens (tertiary/aromatic N) is 5. The Kier molecular flexibility index (Phi) is 5.78. The molecule has 0 aliphatic heterocycles.